The predicted molar refractivity (Wildman–Crippen MR) is 128 cm³/mol. The molecule has 9 heteroatoms. The van der Waals surface area contributed by atoms with E-state index in [0.29, 0.717) is 15.6 Å². The molecule has 0 radical (unpaired) electrons. The van der Waals surface area contributed by atoms with Gasteiger partial charge in [0.25, 0.3) is 11.8 Å². The molecule has 0 unspecified atom stereocenters. The highest BCUT2D eigenvalue weighted by Crippen LogP contribution is 2.40. The highest BCUT2D eigenvalue weighted by Gasteiger charge is 2.41. The van der Waals surface area contributed by atoms with Crippen LogP contribution in [0.25, 0.3) is 0 Å². The fourth-order valence-electron chi connectivity index (χ4n) is 3.48. The summed E-state index contributed by atoms with van der Waals surface area (Å²) in [4.78, 5) is 28.2. The molecule has 1 aliphatic rings. The molecule has 2 amide bonds. The molecular formula is C25H18ClF3N2O2S. The zero-order chi connectivity index (χ0) is 24.6. The van der Waals surface area contributed by atoms with Crippen molar-refractivity contribution in [3.05, 3.63) is 99.0 Å². The van der Waals surface area contributed by atoms with Gasteiger partial charge in [-0.25, -0.2) is 4.90 Å². The summed E-state index contributed by atoms with van der Waals surface area (Å²) < 4.78 is 39.8. The number of thioether (sulfide) groups is 1. The molecular weight excluding hydrogens is 485 g/mol. The minimum absolute atomic E-state index is 0.00526. The molecule has 0 aliphatic carbocycles. The highest BCUT2D eigenvalue weighted by molar-refractivity contribution is 8.04. The first kappa shape index (κ1) is 23.9. The van der Waals surface area contributed by atoms with Gasteiger partial charge in [-0.15, -0.1) is 0 Å². The summed E-state index contributed by atoms with van der Waals surface area (Å²) in [5.41, 5.74) is 1.37. The van der Waals surface area contributed by atoms with E-state index >= 15 is 0 Å². The van der Waals surface area contributed by atoms with E-state index in [1.54, 1.807) is 30.3 Å². The van der Waals surface area contributed by atoms with Crippen molar-refractivity contribution in [1.29, 1.82) is 0 Å². The Morgan fingerprint density at radius 1 is 0.912 bits per heavy atom. The van der Waals surface area contributed by atoms with Crippen molar-refractivity contribution in [1.82, 2.24) is 0 Å². The summed E-state index contributed by atoms with van der Waals surface area (Å²) in [6.07, 6.45) is -4.61. The van der Waals surface area contributed by atoms with Gasteiger partial charge in [0.1, 0.15) is 10.6 Å². The van der Waals surface area contributed by atoms with Gasteiger partial charge in [-0.3, -0.25) is 9.59 Å². The molecule has 174 valence electrons. The first-order valence-electron chi connectivity index (χ1n) is 10.1. The molecule has 0 spiro atoms. The Balaban J connectivity index is 1.77. The number of nitrogens with one attached hydrogen (secondary N) is 1. The number of hydrogen-bond acceptors (Lipinski definition) is 4. The molecule has 4 nitrogen and oxygen atoms in total. The van der Waals surface area contributed by atoms with Crippen molar-refractivity contribution in [3.8, 4) is 0 Å². The number of nitrogens with zero attached hydrogens (tertiary/aromatic N) is 1. The lowest BCUT2D eigenvalue weighted by atomic mass is 10.1. The van der Waals surface area contributed by atoms with Crippen LogP contribution in [0.15, 0.2) is 82.2 Å². The molecule has 0 atom stereocenters. The number of amides is 2. The normalized spacial score (nSPS) is 14.2. The summed E-state index contributed by atoms with van der Waals surface area (Å²) in [5, 5.41) is 3.55. The number of halogens is 4. The number of carbonyl (C=O) groups is 2. The van der Waals surface area contributed by atoms with Gasteiger partial charge < -0.3 is 5.32 Å². The largest absolute Gasteiger partial charge is 0.416 e. The Labute approximate surface area is 203 Å². The third-order valence-electron chi connectivity index (χ3n) is 5.15. The molecule has 0 saturated heterocycles. The monoisotopic (exact) mass is 502 g/mol. The summed E-state index contributed by atoms with van der Waals surface area (Å²) in [6.45, 7) is 3.78. The number of imide groups is 1. The molecule has 4 rings (SSSR count). The van der Waals surface area contributed by atoms with Crippen molar-refractivity contribution >= 4 is 46.6 Å². The van der Waals surface area contributed by atoms with E-state index in [9.17, 15) is 22.8 Å². The lowest BCUT2D eigenvalue weighted by Gasteiger charge is -2.17. The second-order valence-electron chi connectivity index (χ2n) is 7.70. The number of rotatable bonds is 5. The van der Waals surface area contributed by atoms with E-state index in [1.165, 1.54) is 12.1 Å². The summed E-state index contributed by atoms with van der Waals surface area (Å²) >= 11 is 6.99. The molecule has 0 bridgehead atoms. The maximum atomic E-state index is 13.4. The van der Waals surface area contributed by atoms with Crippen molar-refractivity contribution in [2.75, 3.05) is 10.2 Å². The smallest absolute Gasteiger partial charge is 0.350 e. The van der Waals surface area contributed by atoms with E-state index in [0.717, 1.165) is 39.9 Å². The fourth-order valence-corrected chi connectivity index (χ4v) is 4.53. The van der Waals surface area contributed by atoms with Gasteiger partial charge in [0.2, 0.25) is 0 Å². The Kier molecular flexibility index (Phi) is 6.47. The number of alkyl halides is 3. The standard InChI is InChI=1S/C25H18ClF3N2O2S/c1-14-6-11-20(15(2)12-14)30-21-22(34-19-9-7-17(26)8-10-19)24(33)31(23(21)32)18-5-3-4-16(13-18)25(27,28)29/h3-13,30H,1-2H3. The molecule has 3 aromatic carbocycles. The van der Waals surface area contributed by atoms with Crippen molar-refractivity contribution < 1.29 is 22.8 Å². The zero-order valence-electron chi connectivity index (χ0n) is 18.0. The molecule has 1 aliphatic heterocycles. The Hall–Kier alpha value is -3.23. The second-order valence-corrected chi connectivity index (χ2v) is 9.22. The van der Waals surface area contributed by atoms with Crippen LogP contribution >= 0.6 is 23.4 Å². The van der Waals surface area contributed by atoms with Crippen LogP contribution in [0.5, 0.6) is 0 Å². The maximum absolute atomic E-state index is 13.4. The molecule has 1 heterocycles. The van der Waals surface area contributed by atoms with Gasteiger partial charge in [-0.2, -0.15) is 13.2 Å². The third-order valence-corrected chi connectivity index (χ3v) is 6.49. The van der Waals surface area contributed by atoms with E-state index in [-0.39, 0.29) is 16.3 Å². The van der Waals surface area contributed by atoms with Crippen LogP contribution in [0.1, 0.15) is 16.7 Å². The van der Waals surface area contributed by atoms with Gasteiger partial charge in [-0.1, -0.05) is 47.1 Å². The van der Waals surface area contributed by atoms with Gasteiger partial charge >= 0.3 is 6.18 Å². The van der Waals surface area contributed by atoms with E-state index in [1.807, 2.05) is 26.0 Å². The average molecular weight is 503 g/mol. The molecule has 0 saturated carbocycles. The Bertz CT molecular complexity index is 1320. The van der Waals surface area contributed by atoms with Crippen LogP contribution in [0.4, 0.5) is 24.5 Å². The first-order chi connectivity index (χ1) is 16.0. The fraction of sp³-hybridized carbons (Fsp3) is 0.120. The second kappa shape index (κ2) is 9.19. The van der Waals surface area contributed by atoms with E-state index < -0.39 is 23.6 Å². The molecule has 0 aromatic heterocycles. The summed E-state index contributed by atoms with van der Waals surface area (Å²) in [6, 6.07) is 16.4. The number of aryl methyl sites for hydroxylation is 2. The number of anilines is 2. The van der Waals surface area contributed by atoms with Crippen LogP contribution in [-0.2, 0) is 15.8 Å². The van der Waals surface area contributed by atoms with E-state index in [4.69, 9.17) is 11.6 Å². The van der Waals surface area contributed by atoms with Gasteiger partial charge in [0, 0.05) is 15.6 Å². The van der Waals surface area contributed by atoms with Gasteiger partial charge in [0.15, 0.2) is 0 Å². The van der Waals surface area contributed by atoms with Crippen molar-refractivity contribution in [2.24, 2.45) is 0 Å². The summed E-state index contributed by atoms with van der Waals surface area (Å²) in [7, 11) is 0. The predicted octanol–water partition coefficient (Wildman–Crippen LogP) is 6.96. The van der Waals surface area contributed by atoms with E-state index in [2.05, 4.69) is 5.32 Å². The maximum Gasteiger partial charge on any atom is 0.416 e. The zero-order valence-corrected chi connectivity index (χ0v) is 19.6. The number of benzene rings is 3. The lowest BCUT2D eigenvalue weighted by molar-refractivity contribution is -0.137. The van der Waals surface area contributed by atoms with Crippen molar-refractivity contribution in [2.45, 2.75) is 24.9 Å². The van der Waals surface area contributed by atoms with Crippen LogP contribution in [0, 0.1) is 13.8 Å². The van der Waals surface area contributed by atoms with Gasteiger partial charge in [-0.05, 0) is 67.9 Å². The topological polar surface area (TPSA) is 49.4 Å². The quantitative estimate of drug-likeness (QED) is 0.383. The van der Waals surface area contributed by atoms with Crippen LogP contribution in [0.2, 0.25) is 5.02 Å². The molecule has 0 fully saturated rings. The Morgan fingerprint density at radius 2 is 1.62 bits per heavy atom. The third kappa shape index (κ3) is 4.83. The number of hydrogen-bond donors (Lipinski definition) is 1. The minimum atomic E-state index is -4.61. The number of carbonyl (C=O) groups excluding carboxylic acids is 2. The van der Waals surface area contributed by atoms with Crippen LogP contribution < -0.4 is 10.2 Å². The van der Waals surface area contributed by atoms with Crippen LogP contribution in [-0.4, -0.2) is 11.8 Å². The van der Waals surface area contributed by atoms with Crippen LogP contribution in [0.3, 0.4) is 0 Å². The van der Waals surface area contributed by atoms with Crippen molar-refractivity contribution in [3.63, 3.8) is 0 Å². The lowest BCUT2D eigenvalue weighted by Crippen LogP contribution is -2.32. The highest BCUT2D eigenvalue weighted by atomic mass is 35.5. The molecule has 34 heavy (non-hydrogen) atoms. The molecule has 3 aromatic rings. The average Bonchev–Trinajstić information content (AvgIpc) is 3.00. The first-order valence-corrected chi connectivity index (χ1v) is 11.3. The minimum Gasteiger partial charge on any atom is -0.350 e. The summed E-state index contributed by atoms with van der Waals surface area (Å²) in [5.74, 6) is -1.45. The molecule has 1 N–H and O–H groups in total. The van der Waals surface area contributed by atoms with Gasteiger partial charge in [0.05, 0.1) is 11.3 Å². The Morgan fingerprint density at radius 3 is 2.26 bits per heavy atom. The SMILES string of the molecule is Cc1ccc(NC2=C(Sc3ccc(Cl)cc3)C(=O)N(c3cccc(C(F)(F)F)c3)C2=O)c(C)c1.